The van der Waals surface area contributed by atoms with Crippen LogP contribution in [0.4, 0.5) is 0 Å². The first-order valence-corrected chi connectivity index (χ1v) is 7.73. The molecule has 1 aromatic carbocycles. The van der Waals surface area contributed by atoms with Gasteiger partial charge in [0.15, 0.2) is 0 Å². The molecule has 0 aliphatic carbocycles. The molecule has 2 nitrogen and oxygen atoms in total. The van der Waals surface area contributed by atoms with Crippen molar-refractivity contribution in [2.45, 2.75) is 38.7 Å². The van der Waals surface area contributed by atoms with Gasteiger partial charge in [-0.15, -0.1) is 0 Å². The van der Waals surface area contributed by atoms with Gasteiger partial charge >= 0.3 is 0 Å². The average Bonchev–Trinajstić information content (AvgIpc) is 2.91. The largest absolute Gasteiger partial charge is 0.378 e. The first-order valence-electron chi connectivity index (χ1n) is 7.35. The van der Waals surface area contributed by atoms with E-state index in [4.69, 9.17) is 16.3 Å². The molecule has 2 rings (SSSR count). The Labute approximate surface area is 121 Å². The molecule has 3 heteroatoms. The highest BCUT2D eigenvalue weighted by Gasteiger charge is 2.21. The van der Waals surface area contributed by atoms with Crippen molar-refractivity contribution in [3.63, 3.8) is 0 Å². The van der Waals surface area contributed by atoms with Gasteiger partial charge in [0.2, 0.25) is 0 Å². The molecule has 2 unspecified atom stereocenters. The maximum Gasteiger partial charge on any atom is 0.0579 e. The zero-order valence-electron chi connectivity index (χ0n) is 11.7. The first-order chi connectivity index (χ1) is 9.29. The fraction of sp³-hybridized carbons (Fsp3) is 0.625. The van der Waals surface area contributed by atoms with Crippen LogP contribution in [0.2, 0.25) is 5.02 Å². The summed E-state index contributed by atoms with van der Waals surface area (Å²) in [6.45, 7) is 5.15. The van der Waals surface area contributed by atoms with Crippen molar-refractivity contribution in [1.29, 1.82) is 0 Å². The lowest BCUT2D eigenvalue weighted by molar-refractivity contribution is 0.0893. The smallest absolute Gasteiger partial charge is 0.0579 e. The minimum absolute atomic E-state index is 0.450. The zero-order valence-corrected chi connectivity index (χ0v) is 12.5. The predicted octanol–water partition coefficient (Wildman–Crippen LogP) is 3.68. The third-order valence-corrected chi connectivity index (χ3v) is 4.14. The maximum absolute atomic E-state index is 6.27. The van der Waals surface area contributed by atoms with Crippen molar-refractivity contribution in [2.24, 2.45) is 5.92 Å². The molecule has 1 N–H and O–H groups in total. The number of benzene rings is 1. The van der Waals surface area contributed by atoms with Crippen LogP contribution in [0.1, 0.15) is 31.7 Å². The van der Waals surface area contributed by atoms with Gasteiger partial charge < -0.3 is 10.1 Å². The van der Waals surface area contributed by atoms with Crippen LogP contribution in [0.3, 0.4) is 0 Å². The molecular formula is C16H24ClNO. The van der Waals surface area contributed by atoms with Gasteiger partial charge in [0.1, 0.15) is 0 Å². The van der Waals surface area contributed by atoms with Gasteiger partial charge in [0.25, 0.3) is 0 Å². The number of halogens is 1. The molecule has 1 aliphatic rings. The first kappa shape index (κ1) is 14.8. The highest BCUT2D eigenvalue weighted by Crippen LogP contribution is 2.25. The molecular weight excluding hydrogens is 258 g/mol. The van der Waals surface area contributed by atoms with Crippen LogP contribution in [-0.2, 0) is 11.2 Å². The molecule has 0 spiro atoms. The normalized spacial score (nSPS) is 20.6. The predicted molar refractivity (Wildman–Crippen MR) is 80.8 cm³/mol. The van der Waals surface area contributed by atoms with Gasteiger partial charge in [-0.25, -0.2) is 0 Å². The van der Waals surface area contributed by atoms with Gasteiger partial charge in [0, 0.05) is 11.6 Å². The lowest BCUT2D eigenvalue weighted by Crippen LogP contribution is -2.27. The van der Waals surface area contributed by atoms with E-state index in [0.29, 0.717) is 12.0 Å². The van der Waals surface area contributed by atoms with E-state index in [9.17, 15) is 0 Å². The Kier molecular flexibility index (Phi) is 6.15. The number of rotatable bonds is 7. The van der Waals surface area contributed by atoms with E-state index < -0.39 is 0 Å². The molecule has 1 aromatic rings. The third kappa shape index (κ3) is 4.79. The van der Waals surface area contributed by atoms with Crippen molar-refractivity contribution in [3.05, 3.63) is 34.9 Å². The Morgan fingerprint density at radius 2 is 2.26 bits per heavy atom. The molecule has 2 atom stereocenters. The van der Waals surface area contributed by atoms with Gasteiger partial charge in [-0.05, 0) is 56.3 Å². The minimum atomic E-state index is 0.450. The number of ether oxygens (including phenoxy) is 1. The fourth-order valence-corrected chi connectivity index (χ4v) is 2.98. The summed E-state index contributed by atoms with van der Waals surface area (Å²) in [7, 11) is 0. The van der Waals surface area contributed by atoms with Gasteiger partial charge in [-0.2, -0.15) is 0 Å². The molecule has 0 aromatic heterocycles. The SMILES string of the molecule is CCNCC(Cc1ccccc1Cl)CC1CCCO1. The Morgan fingerprint density at radius 1 is 1.42 bits per heavy atom. The Bertz CT molecular complexity index is 377. The second-order valence-corrected chi connectivity index (χ2v) is 5.75. The second kappa shape index (κ2) is 7.88. The fourth-order valence-electron chi connectivity index (χ4n) is 2.76. The molecule has 106 valence electrons. The lowest BCUT2D eigenvalue weighted by atomic mass is 9.92. The maximum atomic E-state index is 6.27. The summed E-state index contributed by atoms with van der Waals surface area (Å²) < 4.78 is 5.77. The topological polar surface area (TPSA) is 21.3 Å². The van der Waals surface area contributed by atoms with E-state index in [2.05, 4.69) is 24.4 Å². The Hall–Kier alpha value is -0.570. The summed E-state index contributed by atoms with van der Waals surface area (Å²) in [6, 6.07) is 8.17. The summed E-state index contributed by atoms with van der Waals surface area (Å²) in [5.41, 5.74) is 1.25. The van der Waals surface area contributed by atoms with Crippen LogP contribution in [0.25, 0.3) is 0 Å². The summed E-state index contributed by atoms with van der Waals surface area (Å²) >= 11 is 6.27. The van der Waals surface area contributed by atoms with Crippen molar-refractivity contribution < 1.29 is 4.74 Å². The zero-order chi connectivity index (χ0) is 13.5. The molecule has 0 bridgehead atoms. The van der Waals surface area contributed by atoms with E-state index >= 15 is 0 Å². The molecule has 0 amide bonds. The number of hydrogen-bond donors (Lipinski definition) is 1. The summed E-state index contributed by atoms with van der Waals surface area (Å²) in [5, 5.41) is 4.35. The molecule has 0 radical (unpaired) electrons. The second-order valence-electron chi connectivity index (χ2n) is 5.34. The monoisotopic (exact) mass is 281 g/mol. The average molecular weight is 282 g/mol. The molecule has 1 saturated heterocycles. The van der Waals surface area contributed by atoms with E-state index in [0.717, 1.165) is 37.6 Å². The third-order valence-electron chi connectivity index (χ3n) is 3.77. The van der Waals surface area contributed by atoms with Gasteiger partial charge in [-0.1, -0.05) is 36.7 Å². The van der Waals surface area contributed by atoms with Crippen molar-refractivity contribution in [3.8, 4) is 0 Å². The molecule has 19 heavy (non-hydrogen) atoms. The molecule has 1 fully saturated rings. The number of nitrogens with one attached hydrogen (secondary N) is 1. The highest BCUT2D eigenvalue weighted by molar-refractivity contribution is 6.31. The van der Waals surface area contributed by atoms with Crippen LogP contribution in [0, 0.1) is 5.92 Å². The van der Waals surface area contributed by atoms with E-state index in [1.54, 1.807) is 0 Å². The van der Waals surface area contributed by atoms with Crippen LogP contribution in [0.5, 0.6) is 0 Å². The van der Waals surface area contributed by atoms with E-state index in [1.165, 1.54) is 18.4 Å². The molecule has 1 aliphatic heterocycles. The number of hydrogen-bond acceptors (Lipinski definition) is 2. The quantitative estimate of drug-likeness (QED) is 0.823. The van der Waals surface area contributed by atoms with Crippen LogP contribution in [0.15, 0.2) is 24.3 Å². The summed E-state index contributed by atoms with van der Waals surface area (Å²) in [4.78, 5) is 0. The lowest BCUT2D eigenvalue weighted by Gasteiger charge is -2.21. The van der Waals surface area contributed by atoms with Crippen molar-refractivity contribution in [1.82, 2.24) is 5.32 Å². The van der Waals surface area contributed by atoms with E-state index in [-0.39, 0.29) is 0 Å². The molecule has 1 heterocycles. The summed E-state index contributed by atoms with van der Waals surface area (Å²) in [6.07, 6.45) is 5.05. The van der Waals surface area contributed by atoms with Crippen molar-refractivity contribution >= 4 is 11.6 Å². The standard InChI is InChI=1S/C16H24ClNO/c1-2-18-12-13(11-15-7-5-9-19-15)10-14-6-3-4-8-16(14)17/h3-4,6,8,13,15,18H,2,5,7,9-12H2,1H3. The Balaban J connectivity index is 1.94. The van der Waals surface area contributed by atoms with Gasteiger partial charge in [-0.3, -0.25) is 0 Å². The van der Waals surface area contributed by atoms with Gasteiger partial charge in [0.05, 0.1) is 6.10 Å². The highest BCUT2D eigenvalue weighted by atomic mass is 35.5. The van der Waals surface area contributed by atoms with Crippen LogP contribution < -0.4 is 5.32 Å². The molecule has 0 saturated carbocycles. The minimum Gasteiger partial charge on any atom is -0.378 e. The van der Waals surface area contributed by atoms with Crippen LogP contribution >= 0.6 is 11.6 Å². The van der Waals surface area contributed by atoms with Crippen molar-refractivity contribution in [2.75, 3.05) is 19.7 Å². The van der Waals surface area contributed by atoms with E-state index in [1.807, 2.05) is 12.1 Å². The Morgan fingerprint density at radius 3 is 2.95 bits per heavy atom. The summed E-state index contributed by atoms with van der Waals surface area (Å²) in [5.74, 6) is 0.600. The van der Waals surface area contributed by atoms with Crippen LogP contribution in [-0.4, -0.2) is 25.8 Å².